The summed E-state index contributed by atoms with van der Waals surface area (Å²) >= 11 is 0. The Kier molecular flexibility index (Phi) is 5.16. The third-order valence-corrected chi connectivity index (χ3v) is 2.49. The molecule has 1 aromatic rings. The number of nitrogens with one attached hydrogen (secondary N) is 1. The van der Waals surface area contributed by atoms with Crippen molar-refractivity contribution < 1.29 is 14.3 Å². The fourth-order valence-electron chi connectivity index (χ4n) is 1.59. The molecular weight excluding hydrogens is 256 g/mol. The summed E-state index contributed by atoms with van der Waals surface area (Å²) in [5, 5.41) is 2.70. The predicted octanol–water partition coefficient (Wildman–Crippen LogP) is 3.01. The molecule has 1 amide bonds. The molecule has 5 heteroatoms. The van der Waals surface area contributed by atoms with Crippen molar-refractivity contribution in [1.82, 2.24) is 0 Å². The van der Waals surface area contributed by atoms with Gasteiger partial charge in [-0.1, -0.05) is 6.58 Å². The summed E-state index contributed by atoms with van der Waals surface area (Å²) in [5.74, 6) is 0.629. The fraction of sp³-hybridized carbons (Fsp3) is 0.400. The molecule has 0 aliphatic rings. The SMILES string of the molecule is C=C(CN)c1ccc(OC)cc1NC(=O)OC(C)(C)C. The van der Waals surface area contributed by atoms with Gasteiger partial charge in [0.15, 0.2) is 0 Å². The van der Waals surface area contributed by atoms with Crippen LogP contribution in [0.3, 0.4) is 0 Å². The van der Waals surface area contributed by atoms with E-state index < -0.39 is 11.7 Å². The van der Waals surface area contributed by atoms with Crippen LogP contribution in [0.2, 0.25) is 0 Å². The Balaban J connectivity index is 3.01. The molecular formula is C15H22N2O3. The van der Waals surface area contributed by atoms with E-state index in [2.05, 4.69) is 11.9 Å². The number of hydrogen-bond donors (Lipinski definition) is 2. The van der Waals surface area contributed by atoms with Crippen LogP contribution < -0.4 is 15.8 Å². The van der Waals surface area contributed by atoms with Crippen molar-refractivity contribution >= 4 is 17.4 Å². The number of benzene rings is 1. The molecule has 0 heterocycles. The maximum atomic E-state index is 11.9. The molecule has 0 aliphatic carbocycles. The Bertz CT molecular complexity index is 504. The van der Waals surface area contributed by atoms with Crippen LogP contribution in [0.4, 0.5) is 10.5 Å². The average molecular weight is 278 g/mol. The van der Waals surface area contributed by atoms with E-state index in [0.717, 1.165) is 11.1 Å². The molecule has 0 aromatic heterocycles. The third kappa shape index (κ3) is 4.59. The quantitative estimate of drug-likeness (QED) is 0.888. The van der Waals surface area contributed by atoms with Gasteiger partial charge in [0.05, 0.1) is 12.8 Å². The Hall–Kier alpha value is -2.01. The molecule has 0 saturated carbocycles. The minimum absolute atomic E-state index is 0.301. The summed E-state index contributed by atoms with van der Waals surface area (Å²) in [6, 6.07) is 5.30. The van der Waals surface area contributed by atoms with E-state index in [9.17, 15) is 4.79 Å². The van der Waals surface area contributed by atoms with Gasteiger partial charge >= 0.3 is 6.09 Å². The highest BCUT2D eigenvalue weighted by Gasteiger charge is 2.18. The zero-order chi connectivity index (χ0) is 15.3. The number of rotatable bonds is 4. The summed E-state index contributed by atoms with van der Waals surface area (Å²) in [6.45, 7) is 9.59. The number of nitrogens with two attached hydrogens (primary N) is 1. The molecule has 110 valence electrons. The van der Waals surface area contributed by atoms with E-state index in [-0.39, 0.29) is 0 Å². The Morgan fingerprint density at radius 3 is 2.55 bits per heavy atom. The lowest BCUT2D eigenvalue weighted by molar-refractivity contribution is 0.0636. The normalized spacial score (nSPS) is 10.8. The zero-order valence-electron chi connectivity index (χ0n) is 12.4. The van der Waals surface area contributed by atoms with Gasteiger partial charge in [-0.05, 0) is 38.5 Å². The van der Waals surface area contributed by atoms with Gasteiger partial charge in [0, 0.05) is 18.2 Å². The minimum atomic E-state index is -0.562. The second-order valence-corrected chi connectivity index (χ2v) is 5.35. The molecule has 5 nitrogen and oxygen atoms in total. The molecule has 20 heavy (non-hydrogen) atoms. The van der Waals surface area contributed by atoms with Crippen LogP contribution >= 0.6 is 0 Å². The molecule has 0 radical (unpaired) electrons. The number of hydrogen-bond acceptors (Lipinski definition) is 4. The van der Waals surface area contributed by atoms with Crippen molar-refractivity contribution in [2.75, 3.05) is 19.0 Å². The van der Waals surface area contributed by atoms with Gasteiger partial charge < -0.3 is 15.2 Å². The van der Waals surface area contributed by atoms with E-state index in [1.807, 2.05) is 0 Å². The summed E-state index contributed by atoms with van der Waals surface area (Å²) in [4.78, 5) is 11.9. The van der Waals surface area contributed by atoms with E-state index in [0.29, 0.717) is 18.0 Å². The van der Waals surface area contributed by atoms with Crippen LogP contribution in [0, 0.1) is 0 Å². The molecule has 0 atom stereocenters. The topological polar surface area (TPSA) is 73.6 Å². The van der Waals surface area contributed by atoms with Crippen LogP contribution in [0.15, 0.2) is 24.8 Å². The fourth-order valence-corrected chi connectivity index (χ4v) is 1.59. The monoisotopic (exact) mass is 278 g/mol. The minimum Gasteiger partial charge on any atom is -0.497 e. The van der Waals surface area contributed by atoms with Crippen LogP contribution in [0.5, 0.6) is 5.75 Å². The highest BCUT2D eigenvalue weighted by molar-refractivity contribution is 5.90. The van der Waals surface area contributed by atoms with Gasteiger partial charge in [-0.15, -0.1) is 0 Å². The maximum absolute atomic E-state index is 11.9. The summed E-state index contributed by atoms with van der Waals surface area (Å²) in [6.07, 6.45) is -0.531. The van der Waals surface area contributed by atoms with Crippen LogP contribution in [0.1, 0.15) is 26.3 Å². The van der Waals surface area contributed by atoms with Crippen LogP contribution in [0.25, 0.3) is 5.57 Å². The van der Waals surface area contributed by atoms with Gasteiger partial charge in [-0.2, -0.15) is 0 Å². The van der Waals surface area contributed by atoms with Gasteiger partial charge in [0.25, 0.3) is 0 Å². The van der Waals surface area contributed by atoms with E-state index in [4.69, 9.17) is 15.2 Å². The van der Waals surface area contributed by atoms with E-state index in [1.165, 1.54) is 0 Å². The van der Waals surface area contributed by atoms with Crippen molar-refractivity contribution in [3.8, 4) is 5.75 Å². The first-order chi connectivity index (χ1) is 9.26. The van der Waals surface area contributed by atoms with Crippen molar-refractivity contribution in [2.24, 2.45) is 5.73 Å². The molecule has 3 N–H and O–H groups in total. The van der Waals surface area contributed by atoms with Gasteiger partial charge in [0.2, 0.25) is 0 Å². The van der Waals surface area contributed by atoms with Gasteiger partial charge in [0.1, 0.15) is 11.4 Å². The van der Waals surface area contributed by atoms with Crippen molar-refractivity contribution in [1.29, 1.82) is 0 Å². The Labute approximate surface area is 119 Å². The first-order valence-corrected chi connectivity index (χ1v) is 6.33. The largest absolute Gasteiger partial charge is 0.497 e. The molecule has 0 fully saturated rings. The molecule has 0 bridgehead atoms. The Morgan fingerprint density at radius 2 is 2.05 bits per heavy atom. The second kappa shape index (κ2) is 6.43. The summed E-state index contributed by atoms with van der Waals surface area (Å²) in [5.41, 5.74) is 7.09. The number of amides is 1. The first-order valence-electron chi connectivity index (χ1n) is 6.33. The van der Waals surface area contributed by atoms with Gasteiger partial charge in [-0.25, -0.2) is 4.79 Å². The lowest BCUT2D eigenvalue weighted by Gasteiger charge is -2.21. The molecule has 0 spiro atoms. The third-order valence-electron chi connectivity index (χ3n) is 2.49. The number of anilines is 1. The highest BCUT2D eigenvalue weighted by Crippen LogP contribution is 2.27. The average Bonchev–Trinajstić information content (AvgIpc) is 2.35. The number of carbonyl (C=O) groups is 1. The maximum Gasteiger partial charge on any atom is 0.412 e. The van der Waals surface area contributed by atoms with Gasteiger partial charge in [-0.3, -0.25) is 5.32 Å². The first kappa shape index (κ1) is 16.0. The van der Waals surface area contributed by atoms with E-state index in [1.54, 1.807) is 46.1 Å². The number of carbonyl (C=O) groups excluding carboxylic acids is 1. The second-order valence-electron chi connectivity index (χ2n) is 5.35. The van der Waals surface area contributed by atoms with E-state index >= 15 is 0 Å². The van der Waals surface area contributed by atoms with Crippen LogP contribution in [-0.4, -0.2) is 25.3 Å². The lowest BCUT2D eigenvalue weighted by Crippen LogP contribution is -2.27. The molecule has 0 unspecified atom stereocenters. The van der Waals surface area contributed by atoms with Crippen molar-refractivity contribution in [2.45, 2.75) is 26.4 Å². The van der Waals surface area contributed by atoms with Crippen molar-refractivity contribution in [3.63, 3.8) is 0 Å². The molecule has 1 rings (SSSR count). The summed E-state index contributed by atoms with van der Waals surface area (Å²) in [7, 11) is 1.56. The lowest BCUT2D eigenvalue weighted by atomic mass is 10.1. The van der Waals surface area contributed by atoms with Crippen molar-refractivity contribution in [3.05, 3.63) is 30.3 Å². The highest BCUT2D eigenvalue weighted by atomic mass is 16.6. The van der Waals surface area contributed by atoms with Crippen LogP contribution in [-0.2, 0) is 4.74 Å². The molecule has 0 saturated heterocycles. The predicted molar refractivity (Wildman–Crippen MR) is 80.9 cm³/mol. The Morgan fingerprint density at radius 1 is 1.40 bits per heavy atom. The number of ether oxygens (including phenoxy) is 2. The molecule has 0 aliphatic heterocycles. The smallest absolute Gasteiger partial charge is 0.412 e. The molecule has 1 aromatic carbocycles. The summed E-state index contributed by atoms with van der Waals surface area (Å²) < 4.78 is 10.4. The standard InChI is InChI=1S/C15H22N2O3/c1-10(9-16)12-7-6-11(19-5)8-13(12)17-14(18)20-15(2,3)4/h6-8H,1,9,16H2,2-5H3,(H,17,18). The zero-order valence-corrected chi connectivity index (χ0v) is 12.4. The number of methoxy groups -OCH3 is 1.